The molecule has 3 nitrogen and oxygen atoms in total. The Labute approximate surface area is 118 Å². The Balaban J connectivity index is 1.90. The summed E-state index contributed by atoms with van der Waals surface area (Å²) in [6.07, 6.45) is -4.30. The van der Waals surface area contributed by atoms with E-state index < -0.39 is 12.1 Å². The molecule has 21 heavy (non-hydrogen) atoms. The summed E-state index contributed by atoms with van der Waals surface area (Å²) in [4.78, 5) is 10.9. The molecule has 0 aromatic heterocycles. The Morgan fingerprint density at radius 2 is 1.67 bits per heavy atom. The molecule has 0 fully saturated rings. The van der Waals surface area contributed by atoms with Crippen LogP contribution in [-0.4, -0.2) is 12.1 Å². The number of benzene rings is 2. The second kappa shape index (κ2) is 4.51. The molecule has 1 amide bonds. The van der Waals surface area contributed by atoms with Gasteiger partial charge < -0.3 is 11.1 Å². The van der Waals surface area contributed by atoms with Gasteiger partial charge in [-0.3, -0.25) is 4.79 Å². The van der Waals surface area contributed by atoms with Gasteiger partial charge in [0.2, 0.25) is 0 Å². The summed E-state index contributed by atoms with van der Waals surface area (Å²) >= 11 is 0. The van der Waals surface area contributed by atoms with Crippen LogP contribution in [-0.2, 0) is 11.2 Å². The van der Waals surface area contributed by atoms with Gasteiger partial charge in [-0.2, -0.15) is 13.2 Å². The number of fused-ring (bicyclic) bond motifs is 3. The highest BCUT2D eigenvalue weighted by Gasteiger charge is 2.38. The van der Waals surface area contributed by atoms with Gasteiger partial charge in [0.25, 0.3) is 0 Å². The smallest absolute Gasteiger partial charge is 0.399 e. The quantitative estimate of drug-likeness (QED) is 0.676. The summed E-state index contributed by atoms with van der Waals surface area (Å²) in [5.74, 6) is -1.97. The fourth-order valence-electron chi connectivity index (χ4n) is 2.51. The van der Waals surface area contributed by atoms with Gasteiger partial charge in [-0.1, -0.05) is 12.1 Å². The topological polar surface area (TPSA) is 55.1 Å². The Bertz CT molecular complexity index is 738. The summed E-state index contributed by atoms with van der Waals surface area (Å²) < 4.78 is 36.7. The summed E-state index contributed by atoms with van der Waals surface area (Å²) in [7, 11) is 0. The molecule has 1 aliphatic carbocycles. The molecule has 0 saturated carbocycles. The number of carbonyl (C=O) groups is 1. The van der Waals surface area contributed by atoms with Crippen LogP contribution in [0, 0.1) is 0 Å². The predicted octanol–water partition coefficient (Wildman–Crippen LogP) is 3.34. The second-order valence-corrected chi connectivity index (χ2v) is 4.92. The highest BCUT2D eigenvalue weighted by molar-refractivity contribution is 5.95. The van der Waals surface area contributed by atoms with E-state index >= 15 is 0 Å². The van der Waals surface area contributed by atoms with Crippen molar-refractivity contribution in [3.63, 3.8) is 0 Å². The number of halogens is 3. The fraction of sp³-hybridized carbons (Fsp3) is 0.133. The normalized spacial score (nSPS) is 12.7. The van der Waals surface area contributed by atoms with Crippen LogP contribution >= 0.6 is 0 Å². The highest BCUT2D eigenvalue weighted by Crippen LogP contribution is 2.38. The number of rotatable bonds is 1. The van der Waals surface area contributed by atoms with Gasteiger partial charge in [0, 0.05) is 11.4 Å². The van der Waals surface area contributed by atoms with Crippen LogP contribution in [0.25, 0.3) is 11.1 Å². The summed E-state index contributed by atoms with van der Waals surface area (Å²) in [6.45, 7) is 0. The van der Waals surface area contributed by atoms with Crippen molar-refractivity contribution in [3.8, 4) is 11.1 Å². The molecular formula is C15H11F3N2O. The van der Waals surface area contributed by atoms with E-state index in [0.29, 0.717) is 12.1 Å². The third kappa shape index (κ3) is 2.44. The maximum Gasteiger partial charge on any atom is 0.471 e. The maximum absolute atomic E-state index is 12.2. The Morgan fingerprint density at radius 1 is 1.05 bits per heavy atom. The van der Waals surface area contributed by atoms with Crippen LogP contribution < -0.4 is 11.1 Å². The summed E-state index contributed by atoms with van der Waals surface area (Å²) in [5, 5.41) is 1.86. The van der Waals surface area contributed by atoms with E-state index in [-0.39, 0.29) is 5.69 Å². The third-order valence-corrected chi connectivity index (χ3v) is 3.42. The lowest BCUT2D eigenvalue weighted by Crippen LogP contribution is -2.29. The Morgan fingerprint density at radius 3 is 2.33 bits per heavy atom. The molecule has 0 saturated heterocycles. The third-order valence-electron chi connectivity index (χ3n) is 3.42. The van der Waals surface area contributed by atoms with E-state index in [1.54, 1.807) is 18.2 Å². The predicted molar refractivity (Wildman–Crippen MR) is 73.8 cm³/mol. The number of anilines is 2. The van der Waals surface area contributed by atoms with Gasteiger partial charge in [-0.05, 0) is 52.9 Å². The standard InChI is InChI=1S/C15H11F3N2O/c16-15(17,18)14(21)20-11-2-4-13-9(7-11)5-8-6-10(19)1-3-12(8)13/h1-4,6-7H,5,19H2,(H,20,21). The van der Waals surface area contributed by atoms with Gasteiger partial charge in [-0.25, -0.2) is 0 Å². The molecule has 0 bridgehead atoms. The Hall–Kier alpha value is -2.50. The first-order valence-corrected chi connectivity index (χ1v) is 6.24. The first-order chi connectivity index (χ1) is 9.84. The number of nitrogen functional groups attached to an aromatic ring is 1. The van der Waals surface area contributed by atoms with E-state index in [9.17, 15) is 18.0 Å². The molecule has 3 rings (SSSR count). The molecule has 108 valence electrons. The zero-order chi connectivity index (χ0) is 15.2. The van der Waals surface area contributed by atoms with Crippen molar-refractivity contribution in [2.45, 2.75) is 12.6 Å². The van der Waals surface area contributed by atoms with Gasteiger partial charge in [0.15, 0.2) is 0 Å². The van der Waals surface area contributed by atoms with Crippen molar-refractivity contribution in [3.05, 3.63) is 47.5 Å². The second-order valence-electron chi connectivity index (χ2n) is 4.92. The van der Waals surface area contributed by atoms with E-state index in [0.717, 1.165) is 22.3 Å². The number of nitrogens with one attached hydrogen (secondary N) is 1. The number of amides is 1. The number of hydrogen-bond acceptors (Lipinski definition) is 2. The first kappa shape index (κ1) is 13.5. The van der Waals surface area contributed by atoms with Gasteiger partial charge in [0.1, 0.15) is 0 Å². The van der Waals surface area contributed by atoms with Crippen LogP contribution in [0.3, 0.4) is 0 Å². The van der Waals surface area contributed by atoms with Crippen LogP contribution in [0.2, 0.25) is 0 Å². The SMILES string of the molecule is Nc1ccc2c(c1)Cc1cc(NC(=O)C(F)(F)F)ccc1-2. The number of nitrogens with two attached hydrogens (primary N) is 1. The summed E-state index contributed by atoms with van der Waals surface area (Å²) in [6, 6.07) is 10.3. The maximum atomic E-state index is 12.2. The van der Waals surface area contributed by atoms with Gasteiger partial charge >= 0.3 is 12.1 Å². The molecule has 3 N–H and O–H groups in total. The zero-order valence-electron chi connectivity index (χ0n) is 10.8. The van der Waals surface area contributed by atoms with Gasteiger partial charge in [0.05, 0.1) is 0 Å². The molecule has 0 radical (unpaired) electrons. The largest absolute Gasteiger partial charge is 0.471 e. The van der Waals surface area contributed by atoms with E-state index in [2.05, 4.69) is 0 Å². The average Bonchev–Trinajstić information content (AvgIpc) is 2.73. The molecule has 0 unspecified atom stereocenters. The van der Waals surface area contributed by atoms with Crippen LogP contribution in [0.4, 0.5) is 24.5 Å². The lowest BCUT2D eigenvalue weighted by molar-refractivity contribution is -0.167. The molecular weight excluding hydrogens is 281 g/mol. The highest BCUT2D eigenvalue weighted by atomic mass is 19.4. The zero-order valence-corrected chi connectivity index (χ0v) is 10.8. The molecule has 0 spiro atoms. The van der Waals surface area contributed by atoms with Crippen LogP contribution in [0.15, 0.2) is 36.4 Å². The Kier molecular flexibility index (Phi) is 2.90. The van der Waals surface area contributed by atoms with Crippen molar-refractivity contribution in [1.29, 1.82) is 0 Å². The first-order valence-electron chi connectivity index (χ1n) is 6.24. The number of alkyl halides is 3. The van der Waals surface area contributed by atoms with E-state index in [1.165, 1.54) is 6.07 Å². The summed E-state index contributed by atoms with van der Waals surface area (Å²) in [5.41, 5.74) is 10.4. The van der Waals surface area contributed by atoms with Gasteiger partial charge in [-0.15, -0.1) is 0 Å². The lowest BCUT2D eigenvalue weighted by Gasteiger charge is -2.09. The minimum Gasteiger partial charge on any atom is -0.399 e. The molecule has 0 atom stereocenters. The molecule has 6 heteroatoms. The average molecular weight is 292 g/mol. The van der Waals surface area contributed by atoms with Crippen LogP contribution in [0.1, 0.15) is 11.1 Å². The minimum atomic E-state index is -4.89. The van der Waals surface area contributed by atoms with Crippen molar-refractivity contribution in [2.75, 3.05) is 11.1 Å². The molecule has 2 aromatic carbocycles. The molecule has 0 heterocycles. The van der Waals surface area contributed by atoms with Crippen molar-refractivity contribution >= 4 is 17.3 Å². The fourth-order valence-corrected chi connectivity index (χ4v) is 2.51. The molecule has 2 aromatic rings. The van der Waals surface area contributed by atoms with Crippen molar-refractivity contribution in [1.82, 2.24) is 0 Å². The number of carbonyl (C=O) groups excluding carboxylic acids is 1. The minimum absolute atomic E-state index is 0.136. The number of hydrogen-bond donors (Lipinski definition) is 2. The van der Waals surface area contributed by atoms with Crippen molar-refractivity contribution in [2.24, 2.45) is 0 Å². The van der Waals surface area contributed by atoms with E-state index in [4.69, 9.17) is 5.73 Å². The molecule has 0 aliphatic heterocycles. The molecule has 1 aliphatic rings. The van der Waals surface area contributed by atoms with E-state index in [1.807, 2.05) is 17.4 Å². The van der Waals surface area contributed by atoms with Crippen molar-refractivity contribution < 1.29 is 18.0 Å². The lowest BCUT2D eigenvalue weighted by atomic mass is 10.1. The monoisotopic (exact) mass is 292 g/mol. The van der Waals surface area contributed by atoms with Crippen LogP contribution in [0.5, 0.6) is 0 Å².